The van der Waals surface area contributed by atoms with Gasteiger partial charge in [-0.05, 0) is 39.2 Å². The van der Waals surface area contributed by atoms with E-state index in [1.54, 1.807) is 0 Å². The van der Waals surface area contributed by atoms with Gasteiger partial charge < -0.3 is 14.6 Å². The Morgan fingerprint density at radius 1 is 1.21 bits per heavy atom. The number of carbonyl (C=O) groups excluding carboxylic acids is 1. The number of hydrogen-bond donors (Lipinski definition) is 1. The molecular formula is C16H28Cl2N4O2. The number of amides is 1. The van der Waals surface area contributed by atoms with Gasteiger partial charge in [0.15, 0.2) is 0 Å². The number of rotatable bonds is 6. The van der Waals surface area contributed by atoms with Gasteiger partial charge in [0.1, 0.15) is 5.76 Å². The quantitative estimate of drug-likeness (QED) is 0.817. The second-order valence-corrected chi connectivity index (χ2v) is 6.48. The molecule has 2 aliphatic rings. The van der Waals surface area contributed by atoms with Crippen LogP contribution in [0.15, 0.2) is 4.42 Å². The van der Waals surface area contributed by atoms with Crippen molar-refractivity contribution >= 4 is 30.7 Å². The summed E-state index contributed by atoms with van der Waals surface area (Å²) < 4.78 is 5.63. The molecule has 0 bridgehead atoms. The first kappa shape index (κ1) is 21.2. The van der Waals surface area contributed by atoms with Gasteiger partial charge in [-0.1, -0.05) is 0 Å². The third-order valence-corrected chi connectivity index (χ3v) is 4.56. The lowest BCUT2D eigenvalue weighted by atomic mass is 10.3. The number of piperazine rings is 1. The predicted molar refractivity (Wildman–Crippen MR) is 97.9 cm³/mol. The maximum absolute atomic E-state index is 12.1. The third-order valence-electron chi connectivity index (χ3n) is 4.56. The summed E-state index contributed by atoms with van der Waals surface area (Å²) >= 11 is 0. The van der Waals surface area contributed by atoms with Gasteiger partial charge in [0.25, 0.3) is 0 Å². The Balaban J connectivity index is 0.00000144. The molecule has 6 nitrogen and oxygen atoms in total. The number of oxazole rings is 1. The average molecular weight is 379 g/mol. The third kappa shape index (κ3) is 5.92. The minimum Gasteiger partial charge on any atom is -0.444 e. The van der Waals surface area contributed by atoms with Crippen LogP contribution in [0.3, 0.4) is 0 Å². The predicted octanol–water partition coefficient (Wildman–Crippen LogP) is 1.78. The SMILES string of the molecule is Cc1nc(CN2CCN(C(=O)CNCC3CC3)CC2)oc1C.Cl.Cl. The molecular weight excluding hydrogens is 351 g/mol. The number of nitrogens with zero attached hydrogens (tertiary/aromatic N) is 3. The molecule has 2 heterocycles. The van der Waals surface area contributed by atoms with Crippen LogP contribution in [-0.4, -0.2) is 60.0 Å². The molecule has 1 saturated carbocycles. The van der Waals surface area contributed by atoms with Crippen molar-refractivity contribution < 1.29 is 9.21 Å². The van der Waals surface area contributed by atoms with Gasteiger partial charge in [-0.2, -0.15) is 0 Å². The van der Waals surface area contributed by atoms with E-state index < -0.39 is 0 Å². The van der Waals surface area contributed by atoms with Gasteiger partial charge in [0, 0.05) is 26.2 Å². The number of hydrogen-bond acceptors (Lipinski definition) is 5. The molecule has 1 N–H and O–H groups in total. The van der Waals surface area contributed by atoms with E-state index >= 15 is 0 Å². The maximum atomic E-state index is 12.1. The Morgan fingerprint density at radius 3 is 2.42 bits per heavy atom. The molecule has 2 fully saturated rings. The fraction of sp³-hybridized carbons (Fsp3) is 0.750. The Bertz CT molecular complexity index is 507. The number of carbonyl (C=O) groups is 1. The Hall–Kier alpha value is -0.820. The molecule has 1 aromatic heterocycles. The Morgan fingerprint density at radius 2 is 1.88 bits per heavy atom. The highest BCUT2D eigenvalue weighted by Gasteiger charge is 2.24. The van der Waals surface area contributed by atoms with E-state index in [-0.39, 0.29) is 30.7 Å². The summed E-state index contributed by atoms with van der Waals surface area (Å²) in [5, 5.41) is 3.27. The minimum absolute atomic E-state index is 0. The molecule has 0 radical (unpaired) electrons. The van der Waals surface area contributed by atoms with Crippen molar-refractivity contribution in [1.82, 2.24) is 20.1 Å². The monoisotopic (exact) mass is 378 g/mol. The van der Waals surface area contributed by atoms with Crippen LogP contribution >= 0.6 is 24.8 Å². The largest absolute Gasteiger partial charge is 0.444 e. The highest BCUT2D eigenvalue weighted by molar-refractivity contribution is 5.85. The number of halogens is 2. The molecule has 24 heavy (non-hydrogen) atoms. The molecule has 138 valence electrons. The van der Waals surface area contributed by atoms with Crippen molar-refractivity contribution in [2.24, 2.45) is 5.92 Å². The molecule has 1 amide bonds. The number of aromatic nitrogens is 1. The normalized spacial score (nSPS) is 18.0. The zero-order valence-corrected chi connectivity index (χ0v) is 16.0. The maximum Gasteiger partial charge on any atom is 0.236 e. The van der Waals surface area contributed by atoms with Crippen molar-refractivity contribution in [2.45, 2.75) is 33.2 Å². The molecule has 0 unspecified atom stereocenters. The van der Waals surface area contributed by atoms with E-state index in [0.29, 0.717) is 6.54 Å². The minimum atomic E-state index is 0. The molecule has 1 saturated heterocycles. The van der Waals surface area contributed by atoms with Gasteiger partial charge >= 0.3 is 0 Å². The first-order chi connectivity index (χ1) is 10.6. The lowest BCUT2D eigenvalue weighted by Gasteiger charge is -2.34. The number of aryl methyl sites for hydroxylation is 2. The highest BCUT2D eigenvalue weighted by atomic mass is 35.5. The van der Waals surface area contributed by atoms with E-state index in [4.69, 9.17) is 4.42 Å². The van der Waals surface area contributed by atoms with Crippen molar-refractivity contribution in [3.63, 3.8) is 0 Å². The lowest BCUT2D eigenvalue weighted by Crippen LogP contribution is -2.50. The second-order valence-electron chi connectivity index (χ2n) is 6.48. The van der Waals surface area contributed by atoms with Crippen LogP contribution in [0.1, 0.15) is 30.2 Å². The van der Waals surface area contributed by atoms with Crippen LogP contribution < -0.4 is 5.32 Å². The second kappa shape index (κ2) is 9.61. The van der Waals surface area contributed by atoms with Crippen LogP contribution in [0.25, 0.3) is 0 Å². The van der Waals surface area contributed by atoms with E-state index in [1.807, 2.05) is 18.7 Å². The summed E-state index contributed by atoms with van der Waals surface area (Å²) in [4.78, 5) is 20.8. The van der Waals surface area contributed by atoms with E-state index in [1.165, 1.54) is 12.8 Å². The Labute approximate surface area is 156 Å². The van der Waals surface area contributed by atoms with E-state index in [0.717, 1.165) is 62.5 Å². The summed E-state index contributed by atoms with van der Waals surface area (Å²) in [6.07, 6.45) is 2.64. The molecule has 0 atom stereocenters. The molecule has 8 heteroatoms. The van der Waals surface area contributed by atoms with Crippen LogP contribution in [0.5, 0.6) is 0 Å². The van der Waals surface area contributed by atoms with Crippen LogP contribution in [0, 0.1) is 19.8 Å². The van der Waals surface area contributed by atoms with E-state index in [2.05, 4.69) is 15.2 Å². The van der Waals surface area contributed by atoms with Crippen LogP contribution in [0.2, 0.25) is 0 Å². The zero-order chi connectivity index (χ0) is 15.5. The van der Waals surface area contributed by atoms with Crippen molar-refractivity contribution in [2.75, 3.05) is 39.3 Å². The molecule has 0 spiro atoms. The van der Waals surface area contributed by atoms with Gasteiger partial charge in [-0.25, -0.2) is 4.98 Å². The summed E-state index contributed by atoms with van der Waals surface area (Å²) in [6, 6.07) is 0. The van der Waals surface area contributed by atoms with Crippen molar-refractivity contribution in [1.29, 1.82) is 0 Å². The fourth-order valence-corrected chi connectivity index (χ4v) is 2.77. The molecule has 1 aliphatic carbocycles. The summed E-state index contributed by atoms with van der Waals surface area (Å²) in [7, 11) is 0. The van der Waals surface area contributed by atoms with Crippen LogP contribution in [-0.2, 0) is 11.3 Å². The van der Waals surface area contributed by atoms with Gasteiger partial charge in [-0.15, -0.1) is 24.8 Å². The molecule has 3 rings (SSSR count). The number of nitrogens with one attached hydrogen (secondary N) is 1. The molecule has 1 aromatic rings. The summed E-state index contributed by atoms with van der Waals surface area (Å²) in [6.45, 7) is 9.47. The van der Waals surface area contributed by atoms with Crippen LogP contribution in [0.4, 0.5) is 0 Å². The van der Waals surface area contributed by atoms with Crippen molar-refractivity contribution in [3.8, 4) is 0 Å². The zero-order valence-electron chi connectivity index (χ0n) is 14.4. The van der Waals surface area contributed by atoms with Gasteiger partial charge in [0.05, 0.1) is 18.8 Å². The first-order valence-electron chi connectivity index (χ1n) is 8.25. The summed E-state index contributed by atoms with van der Waals surface area (Å²) in [5.41, 5.74) is 0.963. The van der Waals surface area contributed by atoms with Crippen molar-refractivity contribution in [3.05, 3.63) is 17.3 Å². The molecule has 1 aliphatic heterocycles. The van der Waals surface area contributed by atoms with Gasteiger partial charge in [-0.3, -0.25) is 9.69 Å². The topological polar surface area (TPSA) is 61.6 Å². The first-order valence-corrected chi connectivity index (χ1v) is 8.25. The smallest absolute Gasteiger partial charge is 0.236 e. The summed E-state index contributed by atoms with van der Waals surface area (Å²) in [5.74, 6) is 2.71. The Kier molecular flexibility index (Phi) is 8.50. The van der Waals surface area contributed by atoms with E-state index in [9.17, 15) is 4.79 Å². The molecule has 0 aromatic carbocycles. The lowest BCUT2D eigenvalue weighted by molar-refractivity contribution is -0.132. The fourth-order valence-electron chi connectivity index (χ4n) is 2.77. The standard InChI is InChI=1S/C16H26N4O2.2ClH/c1-12-13(2)22-15(18-12)11-19-5-7-20(8-6-19)16(21)10-17-9-14-3-4-14;;/h14,17H,3-11H2,1-2H3;2*1H. The van der Waals surface area contributed by atoms with Gasteiger partial charge in [0.2, 0.25) is 11.8 Å². The average Bonchev–Trinajstić information content (AvgIpc) is 3.26. The highest BCUT2D eigenvalue weighted by Crippen LogP contribution is 2.27.